The monoisotopic (exact) mass is 284 g/mol. The van der Waals surface area contributed by atoms with Crippen LogP contribution < -0.4 is 5.32 Å². The molecule has 1 aromatic heterocycles. The number of nitrogens with one attached hydrogen (secondary N) is 1. The molecule has 0 bridgehead atoms. The van der Waals surface area contributed by atoms with Crippen molar-refractivity contribution in [2.24, 2.45) is 5.41 Å². The summed E-state index contributed by atoms with van der Waals surface area (Å²) in [5.41, 5.74) is 0.0398. The number of amides is 2. The molecule has 5 heteroatoms. The van der Waals surface area contributed by atoms with E-state index in [0.29, 0.717) is 19.5 Å². The SMILES string of the molecule is Cc1ccc(NC(=O)N(CCCO)CC(C)(C)C)s1. The van der Waals surface area contributed by atoms with Crippen molar-refractivity contribution in [2.45, 2.75) is 34.1 Å². The molecule has 1 rings (SSSR count). The zero-order chi connectivity index (χ0) is 14.5. The summed E-state index contributed by atoms with van der Waals surface area (Å²) in [7, 11) is 0. The van der Waals surface area contributed by atoms with Gasteiger partial charge in [0.15, 0.2) is 0 Å². The fraction of sp³-hybridized carbons (Fsp3) is 0.643. The Morgan fingerprint density at radius 3 is 2.58 bits per heavy atom. The number of carbonyl (C=O) groups is 1. The molecule has 0 aliphatic rings. The molecule has 0 spiro atoms. The van der Waals surface area contributed by atoms with Crippen molar-refractivity contribution in [1.29, 1.82) is 0 Å². The van der Waals surface area contributed by atoms with E-state index in [0.717, 1.165) is 5.00 Å². The van der Waals surface area contributed by atoms with Crippen molar-refractivity contribution in [3.63, 3.8) is 0 Å². The van der Waals surface area contributed by atoms with Crippen molar-refractivity contribution < 1.29 is 9.90 Å². The number of anilines is 1. The molecule has 0 aliphatic carbocycles. The lowest BCUT2D eigenvalue weighted by atomic mass is 9.96. The van der Waals surface area contributed by atoms with Gasteiger partial charge in [0.1, 0.15) is 0 Å². The fourth-order valence-electron chi connectivity index (χ4n) is 1.77. The predicted molar refractivity (Wildman–Crippen MR) is 80.8 cm³/mol. The summed E-state index contributed by atoms with van der Waals surface area (Å²) >= 11 is 1.57. The molecular weight excluding hydrogens is 260 g/mol. The molecule has 0 aromatic carbocycles. The molecule has 2 amide bonds. The number of urea groups is 1. The Morgan fingerprint density at radius 2 is 2.11 bits per heavy atom. The number of aliphatic hydroxyl groups excluding tert-OH is 1. The maximum atomic E-state index is 12.2. The second-order valence-corrected chi connectivity index (χ2v) is 7.19. The van der Waals surface area contributed by atoms with Crippen molar-refractivity contribution in [1.82, 2.24) is 4.90 Å². The Kier molecular flexibility index (Phi) is 5.82. The Balaban J connectivity index is 2.65. The zero-order valence-corrected chi connectivity index (χ0v) is 13.0. The van der Waals surface area contributed by atoms with Crippen LogP contribution in [0.25, 0.3) is 0 Å². The van der Waals surface area contributed by atoms with E-state index < -0.39 is 0 Å². The summed E-state index contributed by atoms with van der Waals surface area (Å²) in [5.74, 6) is 0. The smallest absolute Gasteiger partial charge is 0.322 e. The van der Waals surface area contributed by atoms with Gasteiger partial charge in [-0.3, -0.25) is 5.32 Å². The van der Waals surface area contributed by atoms with Crippen LogP contribution in [0.4, 0.5) is 9.80 Å². The van der Waals surface area contributed by atoms with Crippen LogP contribution >= 0.6 is 11.3 Å². The van der Waals surface area contributed by atoms with Crippen LogP contribution in [-0.4, -0.2) is 35.7 Å². The lowest BCUT2D eigenvalue weighted by Gasteiger charge is -2.29. The molecule has 0 saturated heterocycles. The lowest BCUT2D eigenvalue weighted by Crippen LogP contribution is -2.41. The predicted octanol–water partition coefficient (Wildman–Crippen LogP) is 3.32. The highest BCUT2D eigenvalue weighted by Gasteiger charge is 2.21. The van der Waals surface area contributed by atoms with E-state index in [1.807, 2.05) is 19.1 Å². The van der Waals surface area contributed by atoms with Gasteiger partial charge in [-0.2, -0.15) is 0 Å². The van der Waals surface area contributed by atoms with E-state index in [4.69, 9.17) is 5.11 Å². The van der Waals surface area contributed by atoms with Crippen molar-refractivity contribution >= 4 is 22.4 Å². The highest BCUT2D eigenvalue weighted by atomic mass is 32.1. The van der Waals surface area contributed by atoms with Crippen LogP contribution in [0, 0.1) is 12.3 Å². The molecule has 2 N–H and O–H groups in total. The first kappa shape index (κ1) is 16.0. The minimum Gasteiger partial charge on any atom is -0.396 e. The first-order chi connectivity index (χ1) is 8.81. The van der Waals surface area contributed by atoms with Crippen LogP contribution in [0.1, 0.15) is 32.1 Å². The molecule has 19 heavy (non-hydrogen) atoms. The zero-order valence-electron chi connectivity index (χ0n) is 12.2. The van der Waals surface area contributed by atoms with Crippen LogP contribution in [0.15, 0.2) is 12.1 Å². The Morgan fingerprint density at radius 1 is 1.42 bits per heavy atom. The van der Waals surface area contributed by atoms with E-state index in [1.54, 1.807) is 16.2 Å². The number of aliphatic hydroxyl groups is 1. The maximum absolute atomic E-state index is 12.2. The van der Waals surface area contributed by atoms with Gasteiger partial charge in [-0.25, -0.2) is 4.79 Å². The molecule has 108 valence electrons. The number of nitrogens with zero attached hydrogens (tertiary/aromatic N) is 1. The summed E-state index contributed by atoms with van der Waals surface area (Å²) in [6.45, 7) is 9.66. The van der Waals surface area contributed by atoms with Gasteiger partial charge in [0, 0.05) is 24.6 Å². The van der Waals surface area contributed by atoms with E-state index in [-0.39, 0.29) is 18.1 Å². The summed E-state index contributed by atoms with van der Waals surface area (Å²) in [6, 6.07) is 3.81. The highest BCUT2D eigenvalue weighted by Crippen LogP contribution is 2.22. The summed E-state index contributed by atoms with van der Waals surface area (Å²) in [6.07, 6.45) is 0.604. The summed E-state index contributed by atoms with van der Waals surface area (Å²) in [5, 5.41) is 12.7. The van der Waals surface area contributed by atoms with Gasteiger partial charge >= 0.3 is 6.03 Å². The minimum atomic E-state index is -0.0924. The van der Waals surface area contributed by atoms with Crippen LogP contribution in [0.2, 0.25) is 0 Å². The van der Waals surface area contributed by atoms with Crippen molar-refractivity contribution in [3.05, 3.63) is 17.0 Å². The third-order valence-electron chi connectivity index (χ3n) is 2.51. The van der Waals surface area contributed by atoms with Gasteiger partial charge in [-0.1, -0.05) is 20.8 Å². The highest BCUT2D eigenvalue weighted by molar-refractivity contribution is 7.16. The third kappa shape index (κ3) is 6.07. The number of thiophene rings is 1. The second-order valence-electron chi connectivity index (χ2n) is 5.90. The van der Waals surface area contributed by atoms with E-state index in [9.17, 15) is 4.79 Å². The molecule has 1 aromatic rings. The first-order valence-corrected chi connectivity index (χ1v) is 7.37. The fourth-order valence-corrected chi connectivity index (χ4v) is 2.53. The van der Waals surface area contributed by atoms with Gasteiger partial charge in [0.25, 0.3) is 0 Å². The van der Waals surface area contributed by atoms with Gasteiger partial charge in [-0.05, 0) is 30.9 Å². The van der Waals surface area contributed by atoms with Gasteiger partial charge < -0.3 is 10.0 Å². The molecular formula is C14H24N2O2S. The number of hydrogen-bond donors (Lipinski definition) is 2. The summed E-state index contributed by atoms with van der Waals surface area (Å²) < 4.78 is 0. The molecule has 0 fully saturated rings. The van der Waals surface area contributed by atoms with Gasteiger partial charge in [-0.15, -0.1) is 11.3 Å². The number of hydrogen-bond acceptors (Lipinski definition) is 3. The second kappa shape index (κ2) is 6.91. The largest absolute Gasteiger partial charge is 0.396 e. The molecule has 0 saturated carbocycles. The third-order valence-corrected chi connectivity index (χ3v) is 3.43. The minimum absolute atomic E-state index is 0.0398. The number of rotatable bonds is 5. The van der Waals surface area contributed by atoms with Gasteiger partial charge in [0.2, 0.25) is 0 Å². The molecule has 0 aliphatic heterocycles. The van der Waals surface area contributed by atoms with E-state index in [1.165, 1.54) is 4.88 Å². The Bertz CT molecular complexity index is 410. The van der Waals surface area contributed by atoms with Crippen molar-refractivity contribution in [2.75, 3.05) is 25.0 Å². The standard InChI is InChI=1S/C14H24N2O2S/c1-11-6-7-12(19-11)15-13(18)16(8-5-9-17)10-14(2,3)4/h6-7,17H,5,8-10H2,1-4H3,(H,15,18). The molecule has 4 nitrogen and oxygen atoms in total. The Hall–Kier alpha value is -1.07. The topological polar surface area (TPSA) is 52.6 Å². The maximum Gasteiger partial charge on any atom is 0.322 e. The first-order valence-electron chi connectivity index (χ1n) is 6.55. The average Bonchev–Trinajstić information content (AvgIpc) is 2.68. The lowest BCUT2D eigenvalue weighted by molar-refractivity contribution is 0.176. The number of aryl methyl sites for hydroxylation is 1. The molecule has 0 radical (unpaired) electrons. The number of carbonyl (C=O) groups excluding carboxylic acids is 1. The molecule has 0 atom stereocenters. The van der Waals surface area contributed by atoms with Crippen LogP contribution in [-0.2, 0) is 0 Å². The van der Waals surface area contributed by atoms with E-state index in [2.05, 4.69) is 26.1 Å². The molecule has 1 heterocycles. The molecule has 0 unspecified atom stereocenters. The normalized spacial score (nSPS) is 11.4. The van der Waals surface area contributed by atoms with Crippen molar-refractivity contribution in [3.8, 4) is 0 Å². The summed E-state index contributed by atoms with van der Waals surface area (Å²) in [4.78, 5) is 15.2. The quantitative estimate of drug-likeness (QED) is 0.871. The van der Waals surface area contributed by atoms with E-state index >= 15 is 0 Å². The Labute approximate surface area is 119 Å². The average molecular weight is 284 g/mol. The van der Waals surface area contributed by atoms with Crippen LogP contribution in [0.3, 0.4) is 0 Å². The van der Waals surface area contributed by atoms with Gasteiger partial charge in [0.05, 0.1) is 5.00 Å². The van der Waals surface area contributed by atoms with Crippen LogP contribution in [0.5, 0.6) is 0 Å².